The Morgan fingerprint density at radius 3 is 2.52 bits per heavy atom. The minimum absolute atomic E-state index is 0.00673. The highest BCUT2D eigenvalue weighted by atomic mass is 32.2. The number of para-hydroxylation sites is 1. The molecule has 2 rings (SSSR count). The van der Waals surface area contributed by atoms with E-state index in [1.807, 2.05) is 0 Å². The molecule has 0 saturated carbocycles. The Hall–Kier alpha value is -2.69. The average Bonchev–Trinajstić information content (AvgIpc) is 2.55. The summed E-state index contributed by atoms with van der Waals surface area (Å²) in [6, 6.07) is 14.5. The third-order valence-corrected chi connectivity index (χ3v) is 4.48. The van der Waals surface area contributed by atoms with Gasteiger partial charge in [-0.2, -0.15) is 9.98 Å². The van der Waals surface area contributed by atoms with Crippen LogP contribution in [-0.2, 0) is 14.8 Å². The third kappa shape index (κ3) is 4.16. The quantitative estimate of drug-likeness (QED) is 0.665. The number of nitrogens with one attached hydrogen (secondary N) is 1. The Labute approximate surface area is 134 Å². The summed E-state index contributed by atoms with van der Waals surface area (Å²) in [5, 5.41) is 8.95. The zero-order valence-electron chi connectivity index (χ0n) is 12.3. The lowest BCUT2D eigenvalue weighted by atomic mass is 10.2. The van der Waals surface area contributed by atoms with Crippen molar-refractivity contribution in [2.45, 2.75) is 11.8 Å². The van der Waals surface area contributed by atoms with Crippen LogP contribution in [-0.4, -0.2) is 20.9 Å². The maximum Gasteiger partial charge on any atom is 0.326 e. The molecular formula is C16H14N2O4S. The predicted octanol–water partition coefficient (Wildman–Crippen LogP) is 1.75. The first-order valence-electron chi connectivity index (χ1n) is 6.69. The number of carbonyl (C=O) groups is 1. The van der Waals surface area contributed by atoms with Crippen LogP contribution in [0.5, 0.6) is 5.75 Å². The van der Waals surface area contributed by atoms with Crippen molar-refractivity contribution in [3.8, 4) is 11.8 Å². The lowest BCUT2D eigenvalue weighted by Gasteiger charge is -2.09. The van der Waals surface area contributed by atoms with Gasteiger partial charge in [-0.3, -0.25) is 4.79 Å². The molecule has 0 aliphatic heterocycles. The highest BCUT2D eigenvalue weighted by Crippen LogP contribution is 2.17. The summed E-state index contributed by atoms with van der Waals surface area (Å²) in [7, 11) is -3.97. The molecule has 2 aromatic carbocycles. The molecular weight excluding hydrogens is 316 g/mol. The number of rotatable bonds is 5. The first-order chi connectivity index (χ1) is 10.9. The molecule has 0 aromatic heterocycles. The normalized spacial score (nSPS) is 10.8. The van der Waals surface area contributed by atoms with E-state index >= 15 is 0 Å². The fourth-order valence-corrected chi connectivity index (χ4v) is 2.98. The van der Waals surface area contributed by atoms with Gasteiger partial charge in [0.05, 0.1) is 10.5 Å². The van der Waals surface area contributed by atoms with Crippen LogP contribution in [0.3, 0.4) is 0 Å². The maximum absolute atomic E-state index is 12.2. The van der Waals surface area contributed by atoms with E-state index in [0.717, 1.165) is 5.56 Å². The molecule has 0 aliphatic carbocycles. The van der Waals surface area contributed by atoms with Crippen LogP contribution in [0.4, 0.5) is 0 Å². The summed E-state index contributed by atoms with van der Waals surface area (Å²) < 4.78 is 31.6. The summed E-state index contributed by atoms with van der Waals surface area (Å²) in [5.41, 5.74) is 0.769. The molecule has 0 heterocycles. The molecule has 0 radical (unpaired) electrons. The van der Waals surface area contributed by atoms with Crippen LogP contribution in [0.15, 0.2) is 53.4 Å². The SMILES string of the molecule is Cc1ccccc1OC(=O)CNS(=O)(=O)c1ccccc1C#N. The monoisotopic (exact) mass is 330 g/mol. The summed E-state index contributed by atoms with van der Waals surface area (Å²) in [6.45, 7) is 1.24. The number of sulfonamides is 1. The molecule has 1 N–H and O–H groups in total. The molecule has 0 bridgehead atoms. The fourth-order valence-electron chi connectivity index (χ4n) is 1.85. The molecule has 0 fully saturated rings. The second-order valence-corrected chi connectivity index (χ2v) is 6.41. The van der Waals surface area contributed by atoms with Gasteiger partial charge < -0.3 is 4.74 Å². The van der Waals surface area contributed by atoms with Crippen molar-refractivity contribution in [2.24, 2.45) is 0 Å². The van der Waals surface area contributed by atoms with Crippen LogP contribution < -0.4 is 9.46 Å². The third-order valence-electron chi connectivity index (χ3n) is 3.02. The minimum Gasteiger partial charge on any atom is -0.425 e. The van der Waals surface area contributed by atoms with Gasteiger partial charge >= 0.3 is 5.97 Å². The molecule has 0 saturated heterocycles. The molecule has 0 amide bonds. The Balaban J connectivity index is 2.06. The van der Waals surface area contributed by atoms with E-state index in [1.165, 1.54) is 18.2 Å². The van der Waals surface area contributed by atoms with E-state index in [9.17, 15) is 13.2 Å². The highest BCUT2D eigenvalue weighted by molar-refractivity contribution is 7.89. The predicted molar refractivity (Wildman–Crippen MR) is 83.2 cm³/mol. The zero-order valence-corrected chi connectivity index (χ0v) is 13.1. The minimum atomic E-state index is -3.97. The number of aryl methyl sites for hydroxylation is 1. The van der Waals surface area contributed by atoms with Crippen LogP contribution in [0.1, 0.15) is 11.1 Å². The molecule has 6 nitrogen and oxygen atoms in total. The number of benzene rings is 2. The molecule has 0 spiro atoms. The molecule has 0 unspecified atom stereocenters. The standard InChI is InChI=1S/C16H14N2O4S/c1-12-6-2-4-8-14(12)22-16(19)11-18-23(20,21)15-9-5-3-7-13(15)10-17/h2-9,18H,11H2,1H3. The van der Waals surface area contributed by atoms with Crippen molar-refractivity contribution in [2.75, 3.05) is 6.54 Å². The van der Waals surface area contributed by atoms with E-state index in [4.69, 9.17) is 10.00 Å². The summed E-state index contributed by atoms with van der Waals surface area (Å²) in [4.78, 5) is 11.6. The van der Waals surface area contributed by atoms with Gasteiger partial charge in [0.15, 0.2) is 0 Å². The second-order valence-electron chi connectivity index (χ2n) is 4.67. The molecule has 23 heavy (non-hydrogen) atoms. The maximum atomic E-state index is 12.2. The second kappa shape index (κ2) is 7.05. The average molecular weight is 330 g/mol. The largest absolute Gasteiger partial charge is 0.425 e. The molecule has 118 valence electrons. The smallest absolute Gasteiger partial charge is 0.326 e. The molecule has 2 aromatic rings. The number of hydrogen-bond donors (Lipinski definition) is 1. The van der Waals surface area contributed by atoms with Crippen molar-refractivity contribution in [3.05, 3.63) is 59.7 Å². The topological polar surface area (TPSA) is 96.3 Å². The lowest BCUT2D eigenvalue weighted by Crippen LogP contribution is -2.32. The van der Waals surface area contributed by atoms with Gasteiger partial charge in [-0.05, 0) is 30.7 Å². The summed E-state index contributed by atoms with van der Waals surface area (Å²) in [6.07, 6.45) is 0. The highest BCUT2D eigenvalue weighted by Gasteiger charge is 2.19. The van der Waals surface area contributed by atoms with Crippen LogP contribution >= 0.6 is 0 Å². The van der Waals surface area contributed by atoms with Crippen molar-refractivity contribution in [1.29, 1.82) is 5.26 Å². The van der Waals surface area contributed by atoms with Gasteiger partial charge in [0.25, 0.3) is 0 Å². The number of carbonyl (C=O) groups excluding carboxylic acids is 1. The van der Waals surface area contributed by atoms with Gasteiger partial charge in [-0.1, -0.05) is 30.3 Å². The Kier molecular flexibility index (Phi) is 5.11. The number of hydrogen-bond acceptors (Lipinski definition) is 5. The van der Waals surface area contributed by atoms with Crippen molar-refractivity contribution in [3.63, 3.8) is 0 Å². The van der Waals surface area contributed by atoms with Crippen LogP contribution in [0.25, 0.3) is 0 Å². The first-order valence-corrected chi connectivity index (χ1v) is 8.17. The van der Waals surface area contributed by atoms with E-state index in [-0.39, 0.29) is 10.5 Å². The van der Waals surface area contributed by atoms with Gasteiger partial charge in [0.2, 0.25) is 10.0 Å². The number of esters is 1. The van der Waals surface area contributed by atoms with E-state index in [0.29, 0.717) is 5.75 Å². The van der Waals surface area contributed by atoms with E-state index in [2.05, 4.69) is 4.72 Å². The van der Waals surface area contributed by atoms with Gasteiger partial charge in [-0.15, -0.1) is 0 Å². The van der Waals surface area contributed by atoms with Gasteiger partial charge in [-0.25, -0.2) is 8.42 Å². The number of nitriles is 1. The Morgan fingerprint density at radius 2 is 1.83 bits per heavy atom. The zero-order chi connectivity index (χ0) is 16.9. The van der Waals surface area contributed by atoms with Crippen LogP contribution in [0, 0.1) is 18.3 Å². The number of nitrogens with zero attached hydrogens (tertiary/aromatic N) is 1. The van der Waals surface area contributed by atoms with E-state index < -0.39 is 22.5 Å². The first kappa shape index (κ1) is 16.7. The molecule has 0 aliphatic rings. The van der Waals surface area contributed by atoms with E-state index in [1.54, 1.807) is 43.3 Å². The fraction of sp³-hybridized carbons (Fsp3) is 0.125. The molecule has 0 atom stereocenters. The van der Waals surface area contributed by atoms with Gasteiger partial charge in [0, 0.05) is 0 Å². The summed E-state index contributed by atoms with van der Waals surface area (Å²) >= 11 is 0. The van der Waals surface area contributed by atoms with Gasteiger partial charge in [0.1, 0.15) is 18.4 Å². The van der Waals surface area contributed by atoms with Crippen molar-refractivity contribution >= 4 is 16.0 Å². The van der Waals surface area contributed by atoms with Crippen molar-refractivity contribution in [1.82, 2.24) is 4.72 Å². The van der Waals surface area contributed by atoms with Crippen molar-refractivity contribution < 1.29 is 17.9 Å². The summed E-state index contributed by atoms with van der Waals surface area (Å²) in [5.74, 6) is -0.369. The van der Waals surface area contributed by atoms with Crippen LogP contribution in [0.2, 0.25) is 0 Å². The Morgan fingerprint density at radius 1 is 1.17 bits per heavy atom. The Bertz CT molecular complexity index is 870. The number of ether oxygens (including phenoxy) is 1. The molecule has 7 heteroatoms. The lowest BCUT2D eigenvalue weighted by molar-refractivity contribution is -0.133.